The highest BCUT2D eigenvalue weighted by Gasteiger charge is 2.52. The average Bonchev–Trinajstić information content (AvgIpc) is 3.06. The van der Waals surface area contributed by atoms with Crippen LogP contribution < -0.4 is 0 Å². The minimum absolute atomic E-state index is 0.0560. The molecule has 0 N–H and O–H groups in total. The van der Waals surface area contributed by atoms with Crippen molar-refractivity contribution < 1.29 is 42.9 Å². The summed E-state index contributed by atoms with van der Waals surface area (Å²) in [5.74, 6) is -2.29. The summed E-state index contributed by atoms with van der Waals surface area (Å²) in [4.78, 5) is 57.1. The minimum atomic E-state index is -1.51. The largest absolute Gasteiger partial charge is 0.463 e. The average molecular weight is 689 g/mol. The van der Waals surface area contributed by atoms with Gasteiger partial charge in [0, 0.05) is 32.0 Å². The number of carbonyl (C=O) groups is 4. The molecular weight excluding hydrogens is 628 g/mol. The Balaban J connectivity index is 2.09. The van der Waals surface area contributed by atoms with Crippen molar-refractivity contribution >= 4 is 24.0 Å². The van der Waals surface area contributed by atoms with E-state index in [4.69, 9.17) is 23.7 Å². The van der Waals surface area contributed by atoms with Gasteiger partial charge in [0.25, 0.3) is 0 Å². The Bertz CT molecular complexity index is 1240. The highest BCUT2D eigenvalue weighted by Crippen LogP contribution is 2.39. The molecule has 0 aromatic heterocycles. The summed E-state index contributed by atoms with van der Waals surface area (Å²) >= 11 is 0. The van der Waals surface area contributed by atoms with Gasteiger partial charge in [-0.15, -0.1) is 0 Å². The summed E-state index contributed by atoms with van der Waals surface area (Å²) in [5.41, 5.74) is -2.13. The van der Waals surface area contributed by atoms with E-state index < -0.39 is 47.4 Å². The Labute approximate surface area is 293 Å². The Morgan fingerprint density at radius 2 is 1.78 bits per heavy atom. The molecule has 0 bridgehead atoms. The molecule has 2 aliphatic rings. The Kier molecular flexibility index (Phi) is 15.0. The Hall–Kier alpha value is -2.70. The zero-order valence-electron chi connectivity index (χ0n) is 31.3. The van der Waals surface area contributed by atoms with Crippen LogP contribution in [-0.4, -0.2) is 117 Å². The van der Waals surface area contributed by atoms with Gasteiger partial charge in [0.2, 0.25) is 0 Å². The summed E-state index contributed by atoms with van der Waals surface area (Å²) in [6, 6.07) is 8.35. The third-order valence-corrected chi connectivity index (χ3v) is 10.2. The summed E-state index contributed by atoms with van der Waals surface area (Å²) in [6.45, 7) is 14.5. The number of rotatable bonds is 11. The number of esters is 2. The van der Waals surface area contributed by atoms with Crippen LogP contribution in [0.25, 0.3) is 0 Å². The zero-order valence-corrected chi connectivity index (χ0v) is 31.3. The first-order valence-corrected chi connectivity index (χ1v) is 17.8. The molecule has 9 atom stereocenters. The maximum atomic E-state index is 14.4. The molecule has 49 heavy (non-hydrogen) atoms. The molecule has 3 rings (SSSR count). The number of ketones is 1. The first kappa shape index (κ1) is 40.7. The van der Waals surface area contributed by atoms with Crippen LogP contribution in [-0.2, 0) is 38.1 Å². The number of hydrogen-bond acceptors (Lipinski definition) is 11. The number of benzene rings is 1. The van der Waals surface area contributed by atoms with Crippen LogP contribution in [0.1, 0.15) is 90.9 Å². The highest BCUT2D eigenvalue weighted by atomic mass is 16.7. The summed E-state index contributed by atoms with van der Waals surface area (Å²) in [5, 5.41) is 0. The van der Waals surface area contributed by atoms with Crippen molar-refractivity contribution in [3.63, 3.8) is 0 Å². The molecule has 11 nitrogen and oxygen atoms in total. The zero-order chi connectivity index (χ0) is 36.5. The quantitative estimate of drug-likeness (QED) is 0.179. The molecule has 276 valence electrons. The van der Waals surface area contributed by atoms with Gasteiger partial charge in [-0.05, 0) is 92.1 Å². The van der Waals surface area contributed by atoms with Crippen molar-refractivity contribution in [3.05, 3.63) is 35.9 Å². The van der Waals surface area contributed by atoms with E-state index in [0.717, 1.165) is 19.3 Å². The lowest BCUT2D eigenvalue weighted by molar-refractivity contribution is -0.295. The number of ether oxygens (including phenoxy) is 5. The fraction of sp³-hybridized carbons (Fsp3) is 0.737. The lowest BCUT2D eigenvalue weighted by Gasteiger charge is -2.48. The van der Waals surface area contributed by atoms with E-state index in [2.05, 4.69) is 18.7 Å². The van der Waals surface area contributed by atoms with Gasteiger partial charge in [-0.25, -0.2) is 4.79 Å². The molecule has 2 heterocycles. The van der Waals surface area contributed by atoms with Crippen LogP contribution in [0.4, 0.5) is 0 Å². The molecule has 0 spiro atoms. The maximum Gasteiger partial charge on any atom is 0.338 e. The van der Waals surface area contributed by atoms with Crippen LogP contribution in [0.5, 0.6) is 0 Å². The van der Waals surface area contributed by atoms with Gasteiger partial charge < -0.3 is 33.4 Å². The predicted molar refractivity (Wildman–Crippen MR) is 186 cm³/mol. The van der Waals surface area contributed by atoms with Gasteiger partial charge in [-0.1, -0.05) is 39.0 Å². The van der Waals surface area contributed by atoms with Gasteiger partial charge in [-0.3, -0.25) is 14.5 Å². The van der Waals surface area contributed by atoms with Crippen molar-refractivity contribution in [3.8, 4) is 0 Å². The third kappa shape index (κ3) is 10.2. The summed E-state index contributed by atoms with van der Waals surface area (Å²) < 4.78 is 31.6. The number of carbonyl (C=O) groups excluding carboxylic acids is 4. The normalized spacial score (nSPS) is 33.5. The van der Waals surface area contributed by atoms with Crippen molar-refractivity contribution in [1.82, 2.24) is 9.80 Å². The first-order chi connectivity index (χ1) is 23.1. The number of methoxy groups -OCH3 is 1. The van der Waals surface area contributed by atoms with Gasteiger partial charge in [0.1, 0.15) is 18.3 Å². The third-order valence-electron chi connectivity index (χ3n) is 10.2. The first-order valence-electron chi connectivity index (χ1n) is 17.8. The summed E-state index contributed by atoms with van der Waals surface area (Å²) in [6.07, 6.45) is 0.723. The van der Waals surface area contributed by atoms with Crippen LogP contribution in [0, 0.1) is 17.3 Å². The number of aldehydes is 1. The molecule has 1 aromatic rings. The second-order valence-corrected chi connectivity index (χ2v) is 15.0. The molecule has 2 saturated heterocycles. The lowest BCUT2D eigenvalue weighted by atomic mass is 9.74. The van der Waals surface area contributed by atoms with Crippen LogP contribution in [0.2, 0.25) is 0 Å². The molecule has 0 radical (unpaired) electrons. The molecule has 2 aliphatic heterocycles. The Morgan fingerprint density at radius 3 is 2.37 bits per heavy atom. The maximum absolute atomic E-state index is 14.4. The van der Waals surface area contributed by atoms with Crippen LogP contribution in [0.3, 0.4) is 0 Å². The standard InChI is InChI=1S/C38H60N2O9/c1-11-19-40-23-25(2)22-38(7,45-10)33(27(4)32(42)37(5,6)36(44)46-24-29(40)18-15-20-41)49-35-31(30(39(8)9)21-26(3)47-35)48-34(43)28-16-13-12-14-17-28/h12-14,16-17,20,25-27,29-31,33,35H,11,15,18-19,21-24H2,1-10H3/t25-,26-,27+,29-,30+,31-,33-,35+,38-/m1/s1. The van der Waals surface area contributed by atoms with Gasteiger partial charge in [-0.2, -0.15) is 0 Å². The van der Waals surface area contributed by atoms with Crippen molar-refractivity contribution in [1.29, 1.82) is 0 Å². The predicted octanol–water partition coefficient (Wildman–Crippen LogP) is 4.94. The fourth-order valence-corrected chi connectivity index (χ4v) is 7.44. The lowest BCUT2D eigenvalue weighted by Crippen LogP contribution is -2.60. The van der Waals surface area contributed by atoms with Crippen molar-refractivity contribution in [2.75, 3.05) is 40.9 Å². The molecule has 0 aliphatic carbocycles. The molecule has 1 aromatic carbocycles. The van der Waals surface area contributed by atoms with E-state index in [9.17, 15) is 19.2 Å². The number of likely N-dealkylation sites (N-methyl/N-ethyl adjacent to an activating group) is 1. The van der Waals surface area contributed by atoms with Gasteiger partial charge >= 0.3 is 11.9 Å². The molecule has 11 heteroatoms. The topological polar surface area (TPSA) is 121 Å². The number of cyclic esters (lactones) is 1. The Morgan fingerprint density at radius 1 is 1.10 bits per heavy atom. The number of hydrogen-bond donors (Lipinski definition) is 0. The van der Waals surface area contributed by atoms with E-state index >= 15 is 0 Å². The molecule has 0 unspecified atom stereocenters. The fourth-order valence-electron chi connectivity index (χ4n) is 7.44. The van der Waals surface area contributed by atoms with E-state index in [1.165, 1.54) is 0 Å². The van der Waals surface area contributed by atoms with Gasteiger partial charge in [0.05, 0.1) is 29.4 Å². The van der Waals surface area contributed by atoms with E-state index in [1.807, 2.05) is 38.9 Å². The van der Waals surface area contributed by atoms with Crippen molar-refractivity contribution in [2.45, 2.75) is 123 Å². The number of Topliss-reactive ketones (excluding diaryl/α,β-unsaturated/α-hetero) is 1. The second-order valence-electron chi connectivity index (χ2n) is 15.0. The van der Waals surface area contributed by atoms with E-state index in [0.29, 0.717) is 37.8 Å². The molecule has 0 amide bonds. The van der Waals surface area contributed by atoms with Crippen molar-refractivity contribution in [2.24, 2.45) is 17.3 Å². The minimum Gasteiger partial charge on any atom is -0.463 e. The second kappa shape index (κ2) is 18.0. The van der Waals surface area contributed by atoms with E-state index in [1.54, 1.807) is 52.1 Å². The smallest absolute Gasteiger partial charge is 0.338 e. The number of nitrogens with zero attached hydrogens (tertiary/aromatic N) is 2. The monoisotopic (exact) mass is 688 g/mol. The molecular formula is C38H60N2O9. The SMILES string of the molecule is CCCN1C[C@H](C)C[C@@](C)(OC)[C@H](O[C@@H]2O[C@H](C)C[C@H](N(C)C)[C@H]2OC(=O)c2ccccc2)[C@@H](C)C(=O)C(C)(C)C(=O)OC[C@H]1CCC=O. The molecule has 0 saturated carbocycles. The van der Waals surface area contributed by atoms with Gasteiger partial charge in [0.15, 0.2) is 18.2 Å². The summed E-state index contributed by atoms with van der Waals surface area (Å²) in [7, 11) is 5.45. The van der Waals surface area contributed by atoms with E-state index in [-0.39, 0.29) is 36.5 Å². The highest BCUT2D eigenvalue weighted by molar-refractivity contribution is 6.04. The molecule has 2 fully saturated rings. The van der Waals surface area contributed by atoms with Crippen LogP contribution in [0.15, 0.2) is 30.3 Å². The van der Waals surface area contributed by atoms with Crippen LogP contribution >= 0.6 is 0 Å².